The highest BCUT2D eigenvalue weighted by Gasteiger charge is 2.06. The molecule has 1 aromatic heterocycles. The van der Waals surface area contributed by atoms with Gasteiger partial charge in [0.1, 0.15) is 5.75 Å². The molecule has 2 N–H and O–H groups in total. The van der Waals surface area contributed by atoms with Gasteiger partial charge in [-0.3, -0.25) is 0 Å². The van der Waals surface area contributed by atoms with Crippen molar-refractivity contribution in [2.45, 2.75) is 27.3 Å². The van der Waals surface area contributed by atoms with Gasteiger partial charge >= 0.3 is 0 Å². The molecular weight excluding hydrogens is 224 g/mol. The molecule has 0 radical (unpaired) electrons. The average Bonchev–Trinajstić information content (AvgIpc) is 2.56. The van der Waals surface area contributed by atoms with Crippen molar-refractivity contribution in [2.75, 3.05) is 5.32 Å². The number of aryl methyl sites for hydroxylation is 2. The summed E-state index contributed by atoms with van der Waals surface area (Å²) in [5.74, 6) is 0.310. The van der Waals surface area contributed by atoms with Crippen LogP contribution in [0, 0.1) is 20.8 Å². The van der Waals surface area contributed by atoms with Crippen molar-refractivity contribution in [3.8, 4) is 5.75 Å². The molecule has 0 spiro atoms. The number of phenols is 1. The van der Waals surface area contributed by atoms with Crippen molar-refractivity contribution in [3.63, 3.8) is 0 Å². The zero-order valence-corrected chi connectivity index (χ0v) is 11.4. The number of rotatable bonds is 3. The average molecular weight is 244 g/mol. The molecular formula is C15H20N2O. The zero-order valence-electron chi connectivity index (χ0n) is 11.4. The highest BCUT2D eigenvalue weighted by Crippen LogP contribution is 2.21. The summed E-state index contributed by atoms with van der Waals surface area (Å²) in [6.07, 6.45) is 0. The number of phenolic OH excluding ortho intramolecular Hbond substituents is 1. The Kier molecular flexibility index (Phi) is 3.32. The van der Waals surface area contributed by atoms with Crippen LogP contribution in [0.3, 0.4) is 0 Å². The van der Waals surface area contributed by atoms with Crippen molar-refractivity contribution < 1.29 is 5.11 Å². The van der Waals surface area contributed by atoms with Crippen LogP contribution in [-0.4, -0.2) is 9.67 Å². The minimum atomic E-state index is 0.310. The standard InChI is InChI=1S/C15H20N2O/c1-10-7-14(18)5-6-15(10)16-9-13-8-11(2)17(4)12(13)3/h5-8,16,18H,9H2,1-4H3. The zero-order chi connectivity index (χ0) is 13.3. The molecule has 1 heterocycles. The number of nitrogens with zero attached hydrogens (tertiary/aromatic N) is 1. The molecule has 0 saturated heterocycles. The third-order valence-corrected chi connectivity index (χ3v) is 3.56. The van der Waals surface area contributed by atoms with Crippen molar-refractivity contribution in [2.24, 2.45) is 7.05 Å². The number of aromatic hydroxyl groups is 1. The lowest BCUT2D eigenvalue weighted by Gasteiger charge is -2.10. The van der Waals surface area contributed by atoms with Gasteiger partial charge in [0.05, 0.1) is 0 Å². The highest BCUT2D eigenvalue weighted by molar-refractivity contribution is 5.53. The van der Waals surface area contributed by atoms with Gasteiger partial charge in [-0.1, -0.05) is 0 Å². The van der Waals surface area contributed by atoms with E-state index in [-0.39, 0.29) is 0 Å². The predicted octanol–water partition coefficient (Wildman–Crippen LogP) is 3.27. The quantitative estimate of drug-likeness (QED) is 0.813. The van der Waals surface area contributed by atoms with Crippen LogP contribution >= 0.6 is 0 Å². The van der Waals surface area contributed by atoms with Gasteiger partial charge in [-0.2, -0.15) is 0 Å². The molecule has 0 saturated carbocycles. The maximum atomic E-state index is 9.38. The van der Waals surface area contributed by atoms with Crippen LogP contribution in [0.25, 0.3) is 0 Å². The fourth-order valence-corrected chi connectivity index (χ4v) is 2.15. The molecule has 2 aromatic rings. The molecule has 1 aromatic carbocycles. The summed E-state index contributed by atoms with van der Waals surface area (Å²) >= 11 is 0. The van der Waals surface area contributed by atoms with Gasteiger partial charge in [-0.15, -0.1) is 0 Å². The monoisotopic (exact) mass is 244 g/mol. The lowest BCUT2D eigenvalue weighted by Crippen LogP contribution is -2.02. The van der Waals surface area contributed by atoms with Gasteiger partial charge in [0, 0.05) is 30.7 Å². The number of anilines is 1. The van der Waals surface area contributed by atoms with Crippen LogP contribution in [0.1, 0.15) is 22.5 Å². The Bertz CT molecular complexity index is 570. The van der Waals surface area contributed by atoms with E-state index in [1.54, 1.807) is 12.1 Å². The van der Waals surface area contributed by atoms with E-state index in [1.807, 2.05) is 13.0 Å². The minimum Gasteiger partial charge on any atom is -0.508 e. The van der Waals surface area contributed by atoms with Crippen molar-refractivity contribution in [1.82, 2.24) is 4.57 Å². The number of nitrogens with one attached hydrogen (secondary N) is 1. The SMILES string of the molecule is Cc1cc(O)ccc1NCc1cc(C)n(C)c1C. The van der Waals surface area contributed by atoms with Gasteiger partial charge in [0.25, 0.3) is 0 Å². The molecule has 0 aliphatic rings. The predicted molar refractivity (Wildman–Crippen MR) is 75.1 cm³/mol. The lowest BCUT2D eigenvalue weighted by atomic mass is 10.1. The molecule has 0 aliphatic carbocycles. The molecule has 0 atom stereocenters. The Morgan fingerprint density at radius 2 is 1.89 bits per heavy atom. The molecule has 2 rings (SSSR count). The first-order chi connectivity index (χ1) is 8.49. The number of hydrogen-bond acceptors (Lipinski definition) is 2. The van der Waals surface area contributed by atoms with E-state index in [0.717, 1.165) is 17.8 Å². The van der Waals surface area contributed by atoms with E-state index < -0.39 is 0 Å². The number of benzene rings is 1. The normalized spacial score (nSPS) is 10.7. The topological polar surface area (TPSA) is 37.2 Å². The summed E-state index contributed by atoms with van der Waals surface area (Å²) in [6.45, 7) is 7.04. The summed E-state index contributed by atoms with van der Waals surface area (Å²) in [4.78, 5) is 0. The van der Waals surface area contributed by atoms with Crippen LogP contribution in [0.4, 0.5) is 5.69 Å². The fraction of sp³-hybridized carbons (Fsp3) is 0.333. The van der Waals surface area contributed by atoms with Gasteiger partial charge in [-0.25, -0.2) is 0 Å². The first kappa shape index (κ1) is 12.6. The third kappa shape index (κ3) is 2.35. The molecule has 3 heteroatoms. The van der Waals surface area contributed by atoms with E-state index in [9.17, 15) is 5.11 Å². The largest absolute Gasteiger partial charge is 0.508 e. The third-order valence-electron chi connectivity index (χ3n) is 3.56. The van der Waals surface area contributed by atoms with Gasteiger partial charge in [0.2, 0.25) is 0 Å². The van der Waals surface area contributed by atoms with Crippen LogP contribution in [-0.2, 0) is 13.6 Å². The second-order valence-corrected chi connectivity index (χ2v) is 4.81. The van der Waals surface area contributed by atoms with Crippen LogP contribution in [0.15, 0.2) is 24.3 Å². The van der Waals surface area contributed by atoms with Gasteiger partial charge in [-0.05, 0) is 56.2 Å². The van der Waals surface area contributed by atoms with E-state index in [0.29, 0.717) is 5.75 Å². The molecule has 0 fully saturated rings. The van der Waals surface area contributed by atoms with Crippen molar-refractivity contribution >= 4 is 5.69 Å². The van der Waals surface area contributed by atoms with E-state index >= 15 is 0 Å². The van der Waals surface area contributed by atoms with Gasteiger partial charge in [0.15, 0.2) is 0 Å². The summed E-state index contributed by atoms with van der Waals surface area (Å²) in [5, 5.41) is 12.8. The molecule has 18 heavy (non-hydrogen) atoms. The van der Waals surface area contributed by atoms with Crippen LogP contribution in [0.5, 0.6) is 5.75 Å². The number of aromatic nitrogens is 1. The summed E-state index contributed by atoms with van der Waals surface area (Å²) in [6, 6.07) is 7.59. The molecule has 3 nitrogen and oxygen atoms in total. The second-order valence-electron chi connectivity index (χ2n) is 4.81. The fourth-order valence-electron chi connectivity index (χ4n) is 2.15. The minimum absolute atomic E-state index is 0.310. The molecule has 0 unspecified atom stereocenters. The first-order valence-corrected chi connectivity index (χ1v) is 6.14. The van der Waals surface area contributed by atoms with Crippen molar-refractivity contribution in [1.29, 1.82) is 0 Å². The Hall–Kier alpha value is -1.90. The Morgan fingerprint density at radius 3 is 2.44 bits per heavy atom. The summed E-state index contributed by atoms with van der Waals surface area (Å²) in [5.41, 5.74) is 5.99. The van der Waals surface area contributed by atoms with E-state index in [1.165, 1.54) is 17.0 Å². The van der Waals surface area contributed by atoms with Gasteiger partial charge < -0.3 is 15.0 Å². The van der Waals surface area contributed by atoms with Crippen LogP contribution < -0.4 is 5.32 Å². The maximum absolute atomic E-state index is 9.38. The molecule has 0 aliphatic heterocycles. The Balaban J connectivity index is 2.14. The Labute approximate surface area is 108 Å². The highest BCUT2D eigenvalue weighted by atomic mass is 16.3. The summed E-state index contributed by atoms with van der Waals surface area (Å²) in [7, 11) is 2.08. The van der Waals surface area contributed by atoms with Crippen LogP contribution in [0.2, 0.25) is 0 Å². The number of hydrogen-bond donors (Lipinski definition) is 2. The first-order valence-electron chi connectivity index (χ1n) is 6.14. The van der Waals surface area contributed by atoms with E-state index in [4.69, 9.17) is 0 Å². The lowest BCUT2D eigenvalue weighted by molar-refractivity contribution is 0.475. The molecule has 96 valence electrons. The smallest absolute Gasteiger partial charge is 0.115 e. The summed E-state index contributed by atoms with van der Waals surface area (Å²) < 4.78 is 2.20. The Morgan fingerprint density at radius 1 is 1.17 bits per heavy atom. The van der Waals surface area contributed by atoms with Crippen molar-refractivity contribution in [3.05, 3.63) is 46.8 Å². The second kappa shape index (κ2) is 4.77. The molecule has 0 amide bonds. The molecule has 0 bridgehead atoms. The maximum Gasteiger partial charge on any atom is 0.115 e. The van der Waals surface area contributed by atoms with E-state index in [2.05, 4.69) is 36.8 Å².